The summed E-state index contributed by atoms with van der Waals surface area (Å²) in [6.45, 7) is 0.353. The van der Waals surface area contributed by atoms with Gasteiger partial charge in [0.05, 0.1) is 5.69 Å². The average Bonchev–Trinajstić information content (AvgIpc) is 3.23. The van der Waals surface area contributed by atoms with Crippen LogP contribution in [0, 0.1) is 5.82 Å². The predicted molar refractivity (Wildman–Crippen MR) is 83.1 cm³/mol. The number of hydrogen-bond acceptors (Lipinski definition) is 4. The SMILES string of the molecule is CSCc1cc(F)ccc1CNC(=O)c1n[nH]nc1C1CC1. The van der Waals surface area contributed by atoms with Crippen molar-refractivity contribution in [2.24, 2.45) is 0 Å². The summed E-state index contributed by atoms with van der Waals surface area (Å²) in [7, 11) is 0. The molecular weight excluding hydrogens is 303 g/mol. The van der Waals surface area contributed by atoms with Crippen molar-refractivity contribution in [3.05, 3.63) is 46.5 Å². The number of carbonyl (C=O) groups excluding carboxylic acids is 1. The lowest BCUT2D eigenvalue weighted by Crippen LogP contribution is -2.24. The highest BCUT2D eigenvalue weighted by Gasteiger charge is 2.31. The number of rotatable bonds is 6. The van der Waals surface area contributed by atoms with E-state index >= 15 is 0 Å². The number of carbonyl (C=O) groups is 1. The van der Waals surface area contributed by atoms with Crippen LogP contribution in [0.3, 0.4) is 0 Å². The summed E-state index contributed by atoms with van der Waals surface area (Å²) < 4.78 is 13.3. The molecule has 116 valence electrons. The number of benzene rings is 1. The zero-order chi connectivity index (χ0) is 15.5. The van der Waals surface area contributed by atoms with Crippen molar-refractivity contribution in [2.45, 2.75) is 31.1 Å². The highest BCUT2D eigenvalue weighted by molar-refractivity contribution is 7.97. The summed E-state index contributed by atoms with van der Waals surface area (Å²) in [6.07, 6.45) is 4.08. The van der Waals surface area contributed by atoms with Gasteiger partial charge in [0, 0.05) is 18.2 Å². The van der Waals surface area contributed by atoms with Gasteiger partial charge in [-0.2, -0.15) is 27.2 Å². The molecule has 3 rings (SSSR count). The largest absolute Gasteiger partial charge is 0.346 e. The maximum absolute atomic E-state index is 13.3. The maximum atomic E-state index is 13.3. The average molecular weight is 320 g/mol. The molecule has 7 heteroatoms. The fraction of sp³-hybridized carbons (Fsp3) is 0.400. The van der Waals surface area contributed by atoms with E-state index in [-0.39, 0.29) is 11.7 Å². The Bertz CT molecular complexity index is 684. The number of hydrogen-bond donors (Lipinski definition) is 2. The van der Waals surface area contributed by atoms with Crippen LogP contribution in [0.2, 0.25) is 0 Å². The van der Waals surface area contributed by atoms with Gasteiger partial charge in [0.15, 0.2) is 5.69 Å². The molecule has 2 N–H and O–H groups in total. The molecule has 2 aromatic rings. The number of nitrogens with one attached hydrogen (secondary N) is 2. The number of halogens is 1. The highest BCUT2D eigenvalue weighted by Crippen LogP contribution is 2.39. The molecule has 0 unspecified atom stereocenters. The minimum atomic E-state index is -0.258. The van der Waals surface area contributed by atoms with Gasteiger partial charge in [-0.05, 0) is 42.4 Å². The van der Waals surface area contributed by atoms with Gasteiger partial charge >= 0.3 is 0 Å². The molecule has 0 aliphatic heterocycles. The van der Waals surface area contributed by atoms with Crippen molar-refractivity contribution in [2.75, 3.05) is 6.26 Å². The van der Waals surface area contributed by atoms with Gasteiger partial charge in [-0.25, -0.2) is 4.39 Å². The topological polar surface area (TPSA) is 70.7 Å². The van der Waals surface area contributed by atoms with Gasteiger partial charge in [-0.1, -0.05) is 6.07 Å². The summed E-state index contributed by atoms with van der Waals surface area (Å²) in [6, 6.07) is 4.65. The first kappa shape index (κ1) is 15.0. The van der Waals surface area contributed by atoms with Gasteiger partial charge in [-0.15, -0.1) is 0 Å². The Labute approximate surface area is 132 Å². The number of aromatic amines is 1. The van der Waals surface area contributed by atoms with E-state index in [1.165, 1.54) is 12.1 Å². The molecule has 0 radical (unpaired) electrons. The third kappa shape index (κ3) is 3.30. The molecule has 1 aliphatic rings. The van der Waals surface area contributed by atoms with E-state index in [4.69, 9.17) is 0 Å². The summed E-state index contributed by atoms with van der Waals surface area (Å²) in [4.78, 5) is 12.3. The fourth-order valence-electron chi connectivity index (χ4n) is 2.36. The lowest BCUT2D eigenvalue weighted by molar-refractivity contribution is 0.0945. The summed E-state index contributed by atoms with van der Waals surface area (Å²) in [5.41, 5.74) is 2.94. The van der Waals surface area contributed by atoms with Crippen LogP contribution >= 0.6 is 11.8 Å². The normalized spacial score (nSPS) is 14.1. The van der Waals surface area contributed by atoms with Crippen LogP contribution in [0.1, 0.15) is 46.1 Å². The third-order valence-electron chi connectivity index (χ3n) is 3.66. The Kier molecular flexibility index (Phi) is 4.42. The second-order valence-electron chi connectivity index (χ2n) is 5.36. The Morgan fingerprint density at radius 2 is 2.23 bits per heavy atom. The molecule has 0 bridgehead atoms. The summed E-state index contributed by atoms with van der Waals surface area (Å²) in [5, 5.41) is 13.4. The van der Waals surface area contributed by atoms with Crippen LogP contribution in [0.4, 0.5) is 4.39 Å². The van der Waals surface area contributed by atoms with Crippen LogP contribution in [-0.2, 0) is 12.3 Å². The van der Waals surface area contributed by atoms with Gasteiger partial charge < -0.3 is 5.32 Å². The van der Waals surface area contributed by atoms with Crippen LogP contribution in [-0.4, -0.2) is 27.6 Å². The highest BCUT2D eigenvalue weighted by atomic mass is 32.2. The van der Waals surface area contributed by atoms with Crippen LogP contribution in [0.5, 0.6) is 0 Å². The number of thioether (sulfide) groups is 1. The summed E-state index contributed by atoms with van der Waals surface area (Å²) >= 11 is 1.62. The number of aromatic nitrogens is 3. The van der Waals surface area contributed by atoms with Gasteiger partial charge in [0.1, 0.15) is 5.82 Å². The standard InChI is InChI=1S/C15H17FN4OS/c1-22-8-11-6-12(16)5-4-10(11)7-17-15(21)14-13(9-2-3-9)18-20-19-14/h4-6,9H,2-3,7-8H2,1H3,(H,17,21)(H,18,19,20). The summed E-state index contributed by atoms with van der Waals surface area (Å²) in [5.74, 6) is 0.569. The molecule has 0 atom stereocenters. The Hall–Kier alpha value is -1.89. The molecule has 22 heavy (non-hydrogen) atoms. The van der Waals surface area contributed by atoms with E-state index in [1.807, 2.05) is 6.26 Å². The molecule has 0 saturated heterocycles. The number of H-pyrrole nitrogens is 1. The molecule has 1 aromatic heterocycles. The third-order valence-corrected chi connectivity index (χ3v) is 4.26. The molecule has 1 saturated carbocycles. The van der Waals surface area contributed by atoms with Gasteiger partial charge in [-0.3, -0.25) is 4.79 Å². The van der Waals surface area contributed by atoms with Crippen molar-refractivity contribution in [1.82, 2.24) is 20.7 Å². The molecular formula is C15H17FN4OS. The lowest BCUT2D eigenvalue weighted by atomic mass is 10.1. The van der Waals surface area contributed by atoms with Crippen molar-refractivity contribution >= 4 is 17.7 Å². The number of amides is 1. The predicted octanol–water partition coefficient (Wildman–Crippen LogP) is 2.61. The molecule has 5 nitrogen and oxygen atoms in total. The molecule has 1 fully saturated rings. The van der Waals surface area contributed by atoms with Gasteiger partial charge in [0.25, 0.3) is 5.91 Å². The monoisotopic (exact) mass is 320 g/mol. The van der Waals surface area contributed by atoms with Crippen LogP contribution in [0.15, 0.2) is 18.2 Å². The van der Waals surface area contributed by atoms with Gasteiger partial charge in [0.2, 0.25) is 0 Å². The van der Waals surface area contributed by atoms with Crippen molar-refractivity contribution in [3.8, 4) is 0 Å². The van der Waals surface area contributed by atoms with Crippen molar-refractivity contribution in [3.63, 3.8) is 0 Å². The fourth-order valence-corrected chi connectivity index (χ4v) is 2.94. The van der Waals surface area contributed by atoms with E-state index in [2.05, 4.69) is 20.7 Å². The molecule has 1 heterocycles. The minimum Gasteiger partial charge on any atom is -0.346 e. The molecule has 0 spiro atoms. The minimum absolute atomic E-state index is 0.241. The van der Waals surface area contributed by atoms with E-state index in [0.717, 1.165) is 29.7 Å². The Morgan fingerprint density at radius 1 is 1.41 bits per heavy atom. The molecule has 1 aliphatic carbocycles. The first-order valence-corrected chi connectivity index (χ1v) is 8.53. The number of nitrogens with zero attached hydrogens (tertiary/aromatic N) is 2. The Balaban J connectivity index is 1.69. The zero-order valence-corrected chi connectivity index (χ0v) is 13.0. The van der Waals surface area contributed by atoms with E-state index in [0.29, 0.717) is 23.9 Å². The maximum Gasteiger partial charge on any atom is 0.274 e. The van der Waals surface area contributed by atoms with Crippen LogP contribution < -0.4 is 5.32 Å². The zero-order valence-electron chi connectivity index (χ0n) is 12.2. The first-order valence-electron chi connectivity index (χ1n) is 7.14. The Morgan fingerprint density at radius 3 is 2.95 bits per heavy atom. The smallest absolute Gasteiger partial charge is 0.274 e. The van der Waals surface area contributed by atoms with E-state index < -0.39 is 0 Å². The second kappa shape index (κ2) is 6.48. The van der Waals surface area contributed by atoms with Crippen LogP contribution in [0.25, 0.3) is 0 Å². The van der Waals surface area contributed by atoms with E-state index in [9.17, 15) is 9.18 Å². The second-order valence-corrected chi connectivity index (χ2v) is 6.23. The first-order chi connectivity index (χ1) is 10.7. The molecule has 1 amide bonds. The molecule has 1 aromatic carbocycles. The lowest BCUT2D eigenvalue weighted by Gasteiger charge is -2.10. The van der Waals surface area contributed by atoms with E-state index in [1.54, 1.807) is 17.8 Å². The quantitative estimate of drug-likeness (QED) is 0.858. The van der Waals surface area contributed by atoms with Crippen molar-refractivity contribution in [1.29, 1.82) is 0 Å². The van der Waals surface area contributed by atoms with Crippen molar-refractivity contribution < 1.29 is 9.18 Å².